The molecule has 0 unspecified atom stereocenters. The second-order valence-electron chi connectivity index (χ2n) is 8.25. The van der Waals surface area contributed by atoms with E-state index in [1.165, 1.54) is 4.90 Å². The number of hydrogen-bond acceptors (Lipinski definition) is 5. The van der Waals surface area contributed by atoms with Crippen molar-refractivity contribution in [2.75, 3.05) is 13.1 Å². The molecule has 2 aliphatic rings. The number of halogens is 1. The molecule has 1 aromatic heterocycles. The zero-order valence-electron chi connectivity index (χ0n) is 15.7. The van der Waals surface area contributed by atoms with Gasteiger partial charge in [0, 0.05) is 12.0 Å². The number of aromatic nitrogens is 3. The van der Waals surface area contributed by atoms with Crippen molar-refractivity contribution in [3.8, 4) is 6.07 Å². The van der Waals surface area contributed by atoms with Gasteiger partial charge in [0.2, 0.25) is 5.91 Å². The van der Waals surface area contributed by atoms with Crippen molar-refractivity contribution in [1.29, 1.82) is 5.26 Å². The third kappa shape index (κ3) is 3.32. The molecule has 1 aromatic rings. The lowest BCUT2D eigenvalue weighted by Crippen LogP contribution is -2.55. The van der Waals surface area contributed by atoms with Crippen LogP contribution in [0.3, 0.4) is 0 Å². The minimum atomic E-state index is -1.10. The van der Waals surface area contributed by atoms with Crippen LogP contribution in [-0.2, 0) is 11.3 Å². The summed E-state index contributed by atoms with van der Waals surface area (Å²) in [5, 5.41) is 21.0. The van der Waals surface area contributed by atoms with Crippen LogP contribution < -0.4 is 5.32 Å². The summed E-state index contributed by atoms with van der Waals surface area (Å²) in [5.74, 6) is 0.183. The highest BCUT2D eigenvalue weighted by Gasteiger charge is 2.51. The van der Waals surface area contributed by atoms with E-state index in [0.717, 1.165) is 19.4 Å². The Morgan fingerprint density at radius 3 is 2.73 bits per heavy atom. The van der Waals surface area contributed by atoms with Gasteiger partial charge in [-0.3, -0.25) is 4.79 Å². The first-order valence-electron chi connectivity index (χ1n) is 9.19. The number of nitrogens with zero attached hydrogens (tertiary/aromatic N) is 5. The van der Waals surface area contributed by atoms with Crippen molar-refractivity contribution >= 4 is 5.91 Å². The number of nitrogens with one attached hydrogen (secondary N) is 1. The zero-order chi connectivity index (χ0) is 18.9. The van der Waals surface area contributed by atoms with Gasteiger partial charge in [-0.15, -0.1) is 0 Å². The highest BCUT2D eigenvalue weighted by Crippen LogP contribution is 2.50. The van der Waals surface area contributed by atoms with Crippen LogP contribution in [0.2, 0.25) is 0 Å². The molecule has 1 aliphatic heterocycles. The van der Waals surface area contributed by atoms with Crippen LogP contribution in [0.4, 0.5) is 4.39 Å². The number of hydrogen-bond donors (Lipinski definition) is 1. The van der Waals surface area contributed by atoms with Crippen LogP contribution in [0.15, 0.2) is 12.4 Å². The minimum Gasteiger partial charge on any atom is -0.323 e. The standard InChI is InChI=1S/C18H27FN6O/c1-17(2)13(11-25-22-6-7-23-25)4-5-18(17,3)21-10-16(26)24-12-14(19)8-15(24)9-20/h6-7,13-15,21H,4-5,8,10-12H2,1-3H3/t13-,14+,15+,18-/m1/s1. The smallest absolute Gasteiger partial charge is 0.237 e. The Balaban J connectivity index is 1.62. The third-order valence-electron chi connectivity index (χ3n) is 6.63. The Morgan fingerprint density at radius 2 is 2.08 bits per heavy atom. The van der Waals surface area contributed by atoms with Gasteiger partial charge in [-0.25, -0.2) is 4.39 Å². The Hall–Kier alpha value is -2.01. The fourth-order valence-electron chi connectivity index (χ4n) is 4.32. The lowest BCUT2D eigenvalue weighted by Gasteiger charge is -2.42. The number of carbonyl (C=O) groups is 1. The average molecular weight is 362 g/mol. The number of amides is 1. The number of nitriles is 1. The maximum atomic E-state index is 13.6. The van der Waals surface area contributed by atoms with Gasteiger partial charge in [-0.1, -0.05) is 13.8 Å². The predicted octanol–water partition coefficient (Wildman–Crippen LogP) is 1.53. The monoisotopic (exact) mass is 362 g/mol. The molecular formula is C18H27FN6O. The van der Waals surface area contributed by atoms with Crippen molar-refractivity contribution in [3.63, 3.8) is 0 Å². The summed E-state index contributed by atoms with van der Waals surface area (Å²) < 4.78 is 13.6. The van der Waals surface area contributed by atoms with Gasteiger partial charge in [-0.05, 0) is 31.1 Å². The molecule has 7 nitrogen and oxygen atoms in total. The Labute approximate surface area is 153 Å². The summed E-state index contributed by atoms with van der Waals surface area (Å²) in [7, 11) is 0. The number of carbonyl (C=O) groups excluding carboxylic acids is 1. The van der Waals surface area contributed by atoms with Gasteiger partial charge >= 0.3 is 0 Å². The van der Waals surface area contributed by atoms with E-state index in [1.807, 2.05) is 6.07 Å². The third-order valence-corrected chi connectivity index (χ3v) is 6.63. The molecule has 0 radical (unpaired) electrons. The molecule has 1 aliphatic carbocycles. The fourth-order valence-corrected chi connectivity index (χ4v) is 4.32. The van der Waals surface area contributed by atoms with Crippen molar-refractivity contribution in [2.45, 2.75) is 64.3 Å². The maximum Gasteiger partial charge on any atom is 0.237 e. The molecule has 1 saturated carbocycles. The van der Waals surface area contributed by atoms with Crippen LogP contribution in [0.5, 0.6) is 0 Å². The van der Waals surface area contributed by atoms with Crippen molar-refractivity contribution < 1.29 is 9.18 Å². The van der Waals surface area contributed by atoms with Gasteiger partial charge in [-0.2, -0.15) is 20.3 Å². The van der Waals surface area contributed by atoms with Crippen LogP contribution in [0, 0.1) is 22.7 Å². The quantitative estimate of drug-likeness (QED) is 0.858. The van der Waals surface area contributed by atoms with E-state index in [-0.39, 0.29) is 36.4 Å². The Kier molecular flexibility index (Phi) is 5.02. The molecule has 1 saturated heterocycles. The largest absolute Gasteiger partial charge is 0.323 e. The summed E-state index contributed by atoms with van der Waals surface area (Å²) in [6, 6.07) is 1.38. The van der Waals surface area contributed by atoms with Crippen molar-refractivity contribution in [1.82, 2.24) is 25.2 Å². The Bertz CT molecular complexity index is 684. The maximum absolute atomic E-state index is 13.6. The number of likely N-dealkylation sites (tertiary alicyclic amines) is 1. The minimum absolute atomic E-state index is 0.0203. The molecule has 26 heavy (non-hydrogen) atoms. The van der Waals surface area contributed by atoms with Crippen LogP contribution in [0.1, 0.15) is 40.0 Å². The number of alkyl halides is 1. The molecule has 8 heteroatoms. The highest BCUT2D eigenvalue weighted by atomic mass is 19.1. The molecule has 0 bridgehead atoms. The highest BCUT2D eigenvalue weighted by molar-refractivity contribution is 5.79. The summed E-state index contributed by atoms with van der Waals surface area (Å²) in [6.45, 7) is 7.44. The predicted molar refractivity (Wildman–Crippen MR) is 93.6 cm³/mol. The molecule has 0 aromatic carbocycles. The van der Waals surface area contributed by atoms with Crippen LogP contribution in [-0.4, -0.2) is 56.6 Å². The van der Waals surface area contributed by atoms with E-state index < -0.39 is 12.2 Å². The lowest BCUT2D eigenvalue weighted by molar-refractivity contribution is -0.131. The molecule has 1 amide bonds. The van der Waals surface area contributed by atoms with E-state index in [1.54, 1.807) is 17.2 Å². The normalized spacial score (nSPS) is 33.3. The van der Waals surface area contributed by atoms with Gasteiger partial charge < -0.3 is 10.2 Å². The van der Waals surface area contributed by atoms with E-state index in [0.29, 0.717) is 5.92 Å². The van der Waals surface area contributed by atoms with Gasteiger partial charge in [0.25, 0.3) is 0 Å². The zero-order valence-corrected chi connectivity index (χ0v) is 15.7. The van der Waals surface area contributed by atoms with Crippen LogP contribution >= 0.6 is 0 Å². The molecule has 0 spiro atoms. The van der Waals surface area contributed by atoms with Gasteiger partial charge in [0.05, 0.1) is 38.1 Å². The van der Waals surface area contributed by atoms with Crippen molar-refractivity contribution in [2.24, 2.45) is 11.3 Å². The summed E-state index contributed by atoms with van der Waals surface area (Å²) in [4.78, 5) is 15.6. The topological polar surface area (TPSA) is 86.8 Å². The molecule has 4 atom stereocenters. The van der Waals surface area contributed by atoms with E-state index >= 15 is 0 Å². The number of rotatable bonds is 5. The average Bonchev–Trinajstić information content (AvgIpc) is 3.29. The summed E-state index contributed by atoms with van der Waals surface area (Å²) in [6.07, 6.45) is 4.32. The lowest BCUT2D eigenvalue weighted by atomic mass is 9.71. The second kappa shape index (κ2) is 6.95. The molecule has 1 N–H and O–H groups in total. The van der Waals surface area contributed by atoms with E-state index in [2.05, 4.69) is 36.3 Å². The SMILES string of the molecule is CC1(C)[C@@H](Cn2nccn2)CC[C@@]1(C)NCC(=O)N1C[C@@H](F)C[C@H]1C#N. The van der Waals surface area contributed by atoms with Crippen LogP contribution in [0.25, 0.3) is 0 Å². The molecule has 3 rings (SSSR count). The van der Waals surface area contributed by atoms with E-state index in [9.17, 15) is 9.18 Å². The molecule has 142 valence electrons. The van der Waals surface area contributed by atoms with Crippen molar-refractivity contribution in [3.05, 3.63) is 12.4 Å². The first-order valence-corrected chi connectivity index (χ1v) is 9.19. The first-order chi connectivity index (χ1) is 12.3. The molecular weight excluding hydrogens is 335 g/mol. The summed E-state index contributed by atoms with van der Waals surface area (Å²) >= 11 is 0. The first kappa shape index (κ1) is 18.8. The van der Waals surface area contributed by atoms with Gasteiger partial charge in [0.15, 0.2) is 0 Å². The summed E-state index contributed by atoms with van der Waals surface area (Å²) in [5.41, 5.74) is -0.291. The Morgan fingerprint density at radius 1 is 1.38 bits per heavy atom. The fraction of sp³-hybridized carbons (Fsp3) is 0.778. The molecule has 2 fully saturated rings. The second-order valence-corrected chi connectivity index (χ2v) is 8.25. The van der Waals surface area contributed by atoms with E-state index in [4.69, 9.17) is 5.26 Å². The molecule has 2 heterocycles. The van der Waals surface area contributed by atoms with Gasteiger partial charge in [0.1, 0.15) is 12.2 Å².